The lowest BCUT2D eigenvalue weighted by molar-refractivity contribution is 0.0949. The van der Waals surface area contributed by atoms with Crippen LogP contribution in [-0.4, -0.2) is 31.6 Å². The Morgan fingerprint density at radius 2 is 1.87 bits per heavy atom. The maximum atomic E-state index is 12.7. The first-order chi connectivity index (χ1) is 15.0. The fraction of sp³-hybridized carbons (Fsp3) is 0.318. The molecule has 4 rings (SSSR count). The van der Waals surface area contributed by atoms with Gasteiger partial charge in [0, 0.05) is 31.3 Å². The normalized spacial score (nSPS) is 13.9. The van der Waals surface area contributed by atoms with Gasteiger partial charge in [-0.25, -0.2) is 14.3 Å². The van der Waals surface area contributed by atoms with E-state index in [1.54, 1.807) is 36.4 Å². The molecule has 9 heteroatoms. The van der Waals surface area contributed by atoms with Crippen LogP contribution in [0, 0.1) is 0 Å². The number of hydrogen-bond acceptors (Lipinski definition) is 5. The zero-order valence-corrected chi connectivity index (χ0v) is 16.9. The quantitative estimate of drug-likeness (QED) is 0.619. The number of nitrogens with zero attached hydrogens (tertiary/aromatic N) is 3. The average Bonchev–Trinajstić information content (AvgIpc) is 3.30. The van der Waals surface area contributed by atoms with Crippen LogP contribution in [0.3, 0.4) is 0 Å². The van der Waals surface area contributed by atoms with Gasteiger partial charge in [-0.15, -0.1) is 0 Å². The highest BCUT2D eigenvalue weighted by molar-refractivity contribution is 5.93. The molecule has 1 aliphatic carbocycles. The molecule has 0 atom stereocenters. The highest BCUT2D eigenvalue weighted by atomic mass is 16.2. The van der Waals surface area contributed by atoms with E-state index in [0.29, 0.717) is 11.6 Å². The van der Waals surface area contributed by atoms with E-state index in [0.717, 1.165) is 42.1 Å². The van der Waals surface area contributed by atoms with Crippen molar-refractivity contribution in [3.63, 3.8) is 0 Å². The Bertz CT molecular complexity index is 1250. The molecule has 0 aliphatic heterocycles. The van der Waals surface area contributed by atoms with E-state index < -0.39 is 17.2 Å². The Labute approximate surface area is 177 Å². The molecule has 2 aromatic heterocycles. The minimum atomic E-state index is -0.716. The van der Waals surface area contributed by atoms with Crippen LogP contribution in [0.25, 0.3) is 5.69 Å². The van der Waals surface area contributed by atoms with Gasteiger partial charge in [0.2, 0.25) is 0 Å². The molecule has 0 saturated heterocycles. The van der Waals surface area contributed by atoms with E-state index in [9.17, 15) is 19.2 Å². The monoisotopic (exact) mass is 421 g/mol. The zero-order chi connectivity index (χ0) is 21.8. The van der Waals surface area contributed by atoms with Crippen LogP contribution in [0.1, 0.15) is 47.7 Å². The van der Waals surface area contributed by atoms with Crippen molar-refractivity contribution >= 4 is 5.91 Å². The predicted octanol–water partition coefficient (Wildman–Crippen LogP) is 1.17. The summed E-state index contributed by atoms with van der Waals surface area (Å²) in [6, 6.07) is 9.92. The van der Waals surface area contributed by atoms with Crippen LogP contribution in [0.15, 0.2) is 63.3 Å². The molecule has 0 unspecified atom stereocenters. The fourth-order valence-electron chi connectivity index (χ4n) is 3.88. The van der Waals surface area contributed by atoms with Gasteiger partial charge < -0.3 is 10.3 Å². The summed E-state index contributed by atoms with van der Waals surface area (Å²) < 4.78 is 2.33. The Balaban J connectivity index is 1.44. The van der Waals surface area contributed by atoms with Gasteiger partial charge in [-0.1, -0.05) is 31.0 Å². The molecule has 1 aliphatic rings. The Morgan fingerprint density at radius 1 is 1.13 bits per heavy atom. The lowest BCUT2D eigenvalue weighted by Crippen LogP contribution is -2.40. The second-order valence-electron chi connectivity index (χ2n) is 7.57. The van der Waals surface area contributed by atoms with Gasteiger partial charge in [0.25, 0.3) is 17.0 Å². The molecule has 9 nitrogen and oxygen atoms in total. The largest absolute Gasteiger partial charge is 0.350 e. The van der Waals surface area contributed by atoms with Crippen molar-refractivity contribution in [3.8, 4) is 5.69 Å². The number of aromatic nitrogens is 4. The van der Waals surface area contributed by atoms with E-state index in [1.165, 1.54) is 10.9 Å². The van der Waals surface area contributed by atoms with Crippen molar-refractivity contribution in [2.45, 2.75) is 38.1 Å². The second-order valence-corrected chi connectivity index (χ2v) is 7.57. The third-order valence-electron chi connectivity index (χ3n) is 5.55. The van der Waals surface area contributed by atoms with Gasteiger partial charge in [0.15, 0.2) is 0 Å². The molecule has 2 heterocycles. The summed E-state index contributed by atoms with van der Waals surface area (Å²) in [7, 11) is 0. The third kappa shape index (κ3) is 4.40. The second kappa shape index (κ2) is 8.95. The van der Waals surface area contributed by atoms with Crippen LogP contribution >= 0.6 is 0 Å². The van der Waals surface area contributed by atoms with Crippen LogP contribution in [0.2, 0.25) is 0 Å². The van der Waals surface area contributed by atoms with Crippen LogP contribution in [-0.2, 0) is 6.54 Å². The summed E-state index contributed by atoms with van der Waals surface area (Å²) in [5, 5.41) is 2.62. The van der Waals surface area contributed by atoms with Crippen LogP contribution in [0.4, 0.5) is 0 Å². The van der Waals surface area contributed by atoms with E-state index in [4.69, 9.17) is 0 Å². The first kappa shape index (κ1) is 20.5. The molecule has 2 N–H and O–H groups in total. The lowest BCUT2D eigenvalue weighted by Gasteiger charge is -2.11. The van der Waals surface area contributed by atoms with Gasteiger partial charge >= 0.3 is 5.69 Å². The SMILES string of the molecule is O=C(NCCn1cnc(C2CCCC2)cc1=O)c1c[nH]c(=O)n(-c2ccccc2)c1=O. The summed E-state index contributed by atoms with van der Waals surface area (Å²) in [5.74, 6) is -0.274. The van der Waals surface area contributed by atoms with Crippen molar-refractivity contribution in [3.05, 3.63) is 91.4 Å². The van der Waals surface area contributed by atoms with Crippen molar-refractivity contribution in [1.29, 1.82) is 0 Å². The summed E-state index contributed by atoms with van der Waals surface area (Å²) in [6.45, 7) is 0.353. The van der Waals surface area contributed by atoms with Crippen molar-refractivity contribution in [1.82, 2.24) is 24.4 Å². The van der Waals surface area contributed by atoms with Gasteiger partial charge in [0.05, 0.1) is 17.7 Å². The van der Waals surface area contributed by atoms with E-state index in [-0.39, 0.29) is 24.2 Å². The van der Waals surface area contributed by atoms with Gasteiger partial charge in [0.1, 0.15) is 5.56 Å². The third-order valence-corrected chi connectivity index (χ3v) is 5.55. The molecule has 0 bridgehead atoms. The molecule has 0 spiro atoms. The highest BCUT2D eigenvalue weighted by Gasteiger charge is 2.19. The summed E-state index contributed by atoms with van der Waals surface area (Å²) in [6.07, 6.45) is 7.06. The summed E-state index contributed by atoms with van der Waals surface area (Å²) in [4.78, 5) is 56.5. The number of amides is 1. The number of hydrogen-bond donors (Lipinski definition) is 2. The number of nitrogens with one attached hydrogen (secondary N) is 2. The van der Waals surface area contributed by atoms with Crippen molar-refractivity contribution in [2.24, 2.45) is 0 Å². The Kier molecular flexibility index (Phi) is 5.92. The molecular formula is C22H23N5O4. The maximum absolute atomic E-state index is 12.7. The number of benzene rings is 1. The number of aromatic amines is 1. The minimum absolute atomic E-state index is 0.132. The molecule has 1 aromatic carbocycles. The topological polar surface area (TPSA) is 119 Å². The Hall–Kier alpha value is -3.75. The number of rotatable bonds is 6. The van der Waals surface area contributed by atoms with E-state index in [2.05, 4.69) is 15.3 Å². The zero-order valence-electron chi connectivity index (χ0n) is 16.9. The van der Waals surface area contributed by atoms with Crippen molar-refractivity contribution < 1.29 is 4.79 Å². The lowest BCUT2D eigenvalue weighted by atomic mass is 10.0. The minimum Gasteiger partial charge on any atom is -0.350 e. The fourth-order valence-corrected chi connectivity index (χ4v) is 3.88. The highest BCUT2D eigenvalue weighted by Crippen LogP contribution is 2.32. The molecule has 1 saturated carbocycles. The van der Waals surface area contributed by atoms with E-state index in [1.807, 2.05) is 0 Å². The number of carbonyl (C=O) groups excluding carboxylic acids is 1. The number of carbonyl (C=O) groups is 1. The van der Waals surface area contributed by atoms with Gasteiger partial charge in [-0.3, -0.25) is 19.0 Å². The number of para-hydroxylation sites is 1. The smallest absolute Gasteiger partial charge is 0.333 e. The average molecular weight is 421 g/mol. The predicted molar refractivity (Wildman–Crippen MR) is 115 cm³/mol. The first-order valence-electron chi connectivity index (χ1n) is 10.3. The molecule has 31 heavy (non-hydrogen) atoms. The van der Waals surface area contributed by atoms with Gasteiger partial charge in [-0.2, -0.15) is 0 Å². The van der Waals surface area contributed by atoms with Gasteiger partial charge in [-0.05, 0) is 25.0 Å². The molecule has 1 amide bonds. The first-order valence-corrected chi connectivity index (χ1v) is 10.3. The standard InChI is InChI=1S/C22H23N5O4/c28-19-12-18(15-6-4-5-7-15)25-14-26(19)11-10-23-20(29)17-13-24-22(31)27(21(17)30)16-8-2-1-3-9-16/h1-3,8-9,12-15H,4-7,10-11H2,(H,23,29)(H,24,31). The molecule has 3 aromatic rings. The molecule has 160 valence electrons. The summed E-state index contributed by atoms with van der Waals surface area (Å²) in [5.41, 5.74) is -0.507. The van der Waals surface area contributed by atoms with Crippen LogP contribution in [0.5, 0.6) is 0 Å². The van der Waals surface area contributed by atoms with Crippen molar-refractivity contribution in [2.75, 3.05) is 6.54 Å². The Morgan fingerprint density at radius 3 is 2.58 bits per heavy atom. The maximum Gasteiger partial charge on any atom is 0.333 e. The van der Waals surface area contributed by atoms with Crippen LogP contribution < -0.4 is 22.1 Å². The summed E-state index contributed by atoms with van der Waals surface area (Å²) >= 11 is 0. The molecule has 1 fully saturated rings. The molecular weight excluding hydrogens is 398 g/mol. The number of H-pyrrole nitrogens is 1. The molecule has 0 radical (unpaired) electrons. The van der Waals surface area contributed by atoms with E-state index >= 15 is 0 Å².